The molecule has 2 nitrogen and oxygen atoms in total. The molecule has 17 heavy (non-hydrogen) atoms. The van der Waals surface area contributed by atoms with Gasteiger partial charge in [0.2, 0.25) is 0 Å². The predicted molar refractivity (Wildman–Crippen MR) is 73.5 cm³/mol. The number of ether oxygens (including phenoxy) is 1. The van der Waals surface area contributed by atoms with Crippen LogP contribution in [0.3, 0.4) is 0 Å². The van der Waals surface area contributed by atoms with Crippen LogP contribution in [0.5, 0.6) is 0 Å². The van der Waals surface area contributed by atoms with Gasteiger partial charge in [-0.2, -0.15) is 11.8 Å². The van der Waals surface area contributed by atoms with E-state index in [0.29, 0.717) is 22.3 Å². The fourth-order valence-corrected chi connectivity index (χ4v) is 4.56. The van der Waals surface area contributed by atoms with Crippen LogP contribution in [0.2, 0.25) is 0 Å². The molecule has 3 heteroatoms. The highest BCUT2D eigenvalue weighted by Gasteiger charge is 2.58. The SMILES string of the molecule is CSC1(CNC2C3CCCOC3C2(C)C)CC1. The average Bonchev–Trinajstić information content (AvgIpc) is 3.10. The second-order valence-electron chi connectivity index (χ2n) is 6.66. The molecule has 0 aromatic heterocycles. The zero-order chi connectivity index (χ0) is 12.1. The Labute approximate surface area is 109 Å². The van der Waals surface area contributed by atoms with Gasteiger partial charge in [-0.15, -0.1) is 0 Å². The first-order chi connectivity index (χ1) is 8.09. The van der Waals surface area contributed by atoms with E-state index in [0.717, 1.165) is 12.5 Å². The summed E-state index contributed by atoms with van der Waals surface area (Å²) in [5.41, 5.74) is 0.333. The highest BCUT2D eigenvalue weighted by atomic mass is 32.2. The molecule has 0 aromatic rings. The number of rotatable bonds is 4. The molecule has 3 fully saturated rings. The maximum atomic E-state index is 5.95. The van der Waals surface area contributed by atoms with Crippen LogP contribution < -0.4 is 5.32 Å². The van der Waals surface area contributed by atoms with Crippen molar-refractivity contribution in [1.29, 1.82) is 0 Å². The summed E-state index contributed by atoms with van der Waals surface area (Å²) in [6.07, 6.45) is 8.18. The third-order valence-corrected chi connectivity index (χ3v) is 6.63. The highest BCUT2D eigenvalue weighted by Crippen LogP contribution is 2.52. The first-order valence-corrected chi connectivity index (χ1v) is 8.22. The minimum Gasteiger partial charge on any atom is -0.377 e. The minimum atomic E-state index is 0.333. The minimum absolute atomic E-state index is 0.333. The Bertz CT molecular complexity index is 301. The van der Waals surface area contributed by atoms with E-state index in [4.69, 9.17) is 4.74 Å². The second kappa shape index (κ2) is 4.14. The maximum Gasteiger partial charge on any atom is 0.0684 e. The van der Waals surface area contributed by atoms with Gasteiger partial charge in [0, 0.05) is 35.3 Å². The molecule has 3 atom stereocenters. The topological polar surface area (TPSA) is 21.3 Å². The molecule has 2 saturated carbocycles. The van der Waals surface area contributed by atoms with Crippen LogP contribution in [0.1, 0.15) is 39.5 Å². The van der Waals surface area contributed by atoms with E-state index in [2.05, 4.69) is 37.2 Å². The molecule has 0 aromatic carbocycles. The Hall–Kier alpha value is 0.270. The first kappa shape index (κ1) is 12.3. The molecular formula is C14H25NOS. The quantitative estimate of drug-likeness (QED) is 0.834. The van der Waals surface area contributed by atoms with E-state index >= 15 is 0 Å². The van der Waals surface area contributed by atoms with Gasteiger partial charge in [-0.3, -0.25) is 0 Å². The standard InChI is InChI=1S/C14H25NOS/c1-13(2)11(10-5-4-8-16-12(10)13)15-9-14(17-3)6-7-14/h10-12,15H,4-9H2,1-3H3. The number of hydrogen-bond acceptors (Lipinski definition) is 3. The van der Waals surface area contributed by atoms with E-state index in [1.165, 1.54) is 32.2 Å². The fraction of sp³-hybridized carbons (Fsp3) is 1.00. The zero-order valence-corrected chi connectivity index (χ0v) is 12.1. The summed E-state index contributed by atoms with van der Waals surface area (Å²) in [5, 5.41) is 3.86. The molecule has 0 bridgehead atoms. The van der Waals surface area contributed by atoms with Gasteiger partial charge in [0.15, 0.2) is 0 Å². The van der Waals surface area contributed by atoms with Crippen molar-refractivity contribution in [3.05, 3.63) is 0 Å². The van der Waals surface area contributed by atoms with Gasteiger partial charge in [-0.25, -0.2) is 0 Å². The summed E-state index contributed by atoms with van der Waals surface area (Å²) < 4.78 is 6.53. The number of hydrogen-bond donors (Lipinski definition) is 1. The molecule has 3 rings (SSSR count). The van der Waals surface area contributed by atoms with Crippen molar-refractivity contribution in [1.82, 2.24) is 5.32 Å². The van der Waals surface area contributed by atoms with Crippen molar-refractivity contribution in [3.63, 3.8) is 0 Å². The molecule has 0 radical (unpaired) electrons. The maximum absolute atomic E-state index is 5.95. The smallest absolute Gasteiger partial charge is 0.0684 e. The van der Waals surface area contributed by atoms with Gasteiger partial charge in [0.25, 0.3) is 0 Å². The molecule has 2 aliphatic carbocycles. The summed E-state index contributed by atoms with van der Waals surface area (Å²) in [5.74, 6) is 0.774. The van der Waals surface area contributed by atoms with Gasteiger partial charge >= 0.3 is 0 Å². The lowest BCUT2D eigenvalue weighted by Crippen LogP contribution is -2.69. The van der Waals surface area contributed by atoms with Crippen molar-refractivity contribution in [2.75, 3.05) is 19.4 Å². The van der Waals surface area contributed by atoms with Gasteiger partial charge < -0.3 is 10.1 Å². The van der Waals surface area contributed by atoms with Crippen LogP contribution >= 0.6 is 11.8 Å². The summed E-state index contributed by atoms with van der Waals surface area (Å²) >= 11 is 2.05. The highest BCUT2D eigenvalue weighted by molar-refractivity contribution is 8.00. The number of fused-ring (bicyclic) bond motifs is 1. The monoisotopic (exact) mass is 255 g/mol. The molecule has 0 spiro atoms. The predicted octanol–water partition coefficient (Wildman–Crippen LogP) is 2.68. The molecule has 1 aliphatic heterocycles. The Kier molecular flexibility index (Phi) is 3.00. The summed E-state index contributed by atoms with van der Waals surface area (Å²) in [7, 11) is 0. The lowest BCUT2D eigenvalue weighted by atomic mass is 9.55. The van der Waals surface area contributed by atoms with Crippen LogP contribution in [-0.2, 0) is 4.74 Å². The van der Waals surface area contributed by atoms with Gasteiger partial charge in [-0.1, -0.05) is 13.8 Å². The molecule has 1 heterocycles. The van der Waals surface area contributed by atoms with E-state index in [1.54, 1.807) is 0 Å². The Balaban J connectivity index is 1.59. The van der Waals surface area contributed by atoms with Crippen LogP contribution in [-0.4, -0.2) is 36.3 Å². The molecular weight excluding hydrogens is 230 g/mol. The van der Waals surface area contributed by atoms with Crippen molar-refractivity contribution in [2.24, 2.45) is 11.3 Å². The van der Waals surface area contributed by atoms with Crippen molar-refractivity contribution in [2.45, 2.75) is 56.4 Å². The molecule has 98 valence electrons. The molecule has 0 amide bonds. The normalized spacial score (nSPS) is 41.5. The van der Waals surface area contributed by atoms with Crippen molar-refractivity contribution in [3.8, 4) is 0 Å². The summed E-state index contributed by atoms with van der Waals surface area (Å²) in [6, 6.07) is 0.678. The number of nitrogens with one attached hydrogen (secondary N) is 1. The van der Waals surface area contributed by atoms with Gasteiger partial charge in [0.05, 0.1) is 6.10 Å². The summed E-state index contributed by atoms with van der Waals surface area (Å²) in [4.78, 5) is 0. The van der Waals surface area contributed by atoms with E-state index in [1.807, 2.05) is 0 Å². The third-order valence-electron chi connectivity index (χ3n) is 5.22. The zero-order valence-electron chi connectivity index (χ0n) is 11.3. The van der Waals surface area contributed by atoms with Crippen LogP contribution in [0.4, 0.5) is 0 Å². The van der Waals surface area contributed by atoms with Crippen molar-refractivity contribution >= 4 is 11.8 Å². The van der Waals surface area contributed by atoms with Gasteiger partial charge in [0.1, 0.15) is 0 Å². The third kappa shape index (κ3) is 1.95. The lowest BCUT2D eigenvalue weighted by molar-refractivity contribution is -0.192. The second-order valence-corrected chi connectivity index (χ2v) is 7.94. The molecule has 1 N–H and O–H groups in total. The van der Waals surface area contributed by atoms with E-state index in [-0.39, 0.29) is 0 Å². The van der Waals surface area contributed by atoms with E-state index < -0.39 is 0 Å². The molecule has 1 saturated heterocycles. The molecule has 3 unspecified atom stereocenters. The van der Waals surface area contributed by atoms with Crippen LogP contribution in [0, 0.1) is 11.3 Å². The Morgan fingerprint density at radius 2 is 2.12 bits per heavy atom. The number of thioether (sulfide) groups is 1. The largest absolute Gasteiger partial charge is 0.377 e. The van der Waals surface area contributed by atoms with Gasteiger partial charge in [-0.05, 0) is 31.9 Å². The fourth-order valence-electron chi connectivity index (χ4n) is 3.83. The molecule has 3 aliphatic rings. The lowest BCUT2D eigenvalue weighted by Gasteiger charge is -2.60. The Morgan fingerprint density at radius 3 is 2.76 bits per heavy atom. The van der Waals surface area contributed by atoms with Crippen molar-refractivity contribution < 1.29 is 4.74 Å². The Morgan fingerprint density at radius 1 is 1.35 bits per heavy atom. The summed E-state index contributed by atoms with van der Waals surface area (Å²) in [6.45, 7) is 6.92. The van der Waals surface area contributed by atoms with E-state index in [9.17, 15) is 0 Å². The average molecular weight is 255 g/mol. The van der Waals surface area contributed by atoms with Crippen LogP contribution in [0.25, 0.3) is 0 Å². The first-order valence-electron chi connectivity index (χ1n) is 6.99. The van der Waals surface area contributed by atoms with Crippen LogP contribution in [0.15, 0.2) is 0 Å².